The first-order chi connectivity index (χ1) is 6.54. The Labute approximate surface area is 91.1 Å². The molecule has 0 radical (unpaired) electrons. The Bertz CT molecular complexity index is 124. The molecule has 84 valence electrons. The van der Waals surface area contributed by atoms with E-state index in [0.29, 0.717) is 0 Å². The molecule has 0 nitrogen and oxygen atoms in total. The van der Waals surface area contributed by atoms with Gasteiger partial charge in [0.1, 0.15) is 0 Å². The maximum Gasteiger partial charge on any atom is -0.0326 e. The topological polar surface area (TPSA) is 0 Å². The summed E-state index contributed by atoms with van der Waals surface area (Å²) in [5, 5.41) is 0. The molecular formula is C14H28. The number of rotatable bonds is 6. The highest BCUT2D eigenvalue weighted by Gasteiger charge is 1.81. The molecule has 0 saturated carbocycles. The summed E-state index contributed by atoms with van der Waals surface area (Å²) in [6.45, 7) is 16.1. The minimum Gasteiger partial charge on any atom is -0.100 e. The second-order valence-corrected chi connectivity index (χ2v) is 4.12. The minimum atomic E-state index is 1.20. The lowest BCUT2D eigenvalue weighted by Crippen LogP contribution is -1.71. The lowest BCUT2D eigenvalue weighted by atomic mass is 10.2. The normalized spacial score (nSPS) is 8.86. The lowest BCUT2D eigenvalue weighted by molar-refractivity contribution is 0.789. The van der Waals surface area contributed by atoms with E-state index in [1.165, 1.54) is 49.7 Å². The summed E-state index contributed by atoms with van der Waals surface area (Å²) < 4.78 is 0. The predicted octanol–water partition coefficient (Wildman–Crippen LogP) is 5.51. The third-order valence-corrected chi connectivity index (χ3v) is 1.91. The van der Waals surface area contributed by atoms with Gasteiger partial charge in [0, 0.05) is 0 Å². The SMILES string of the molecule is C=C(C)CCCC.C=C(C)CCCC. The zero-order valence-corrected chi connectivity index (χ0v) is 10.7. The molecular weight excluding hydrogens is 168 g/mol. The van der Waals surface area contributed by atoms with Crippen LogP contribution in [0.3, 0.4) is 0 Å². The molecule has 0 bridgehead atoms. The highest BCUT2D eigenvalue weighted by atomic mass is 13.9. The van der Waals surface area contributed by atoms with Crippen molar-refractivity contribution in [1.82, 2.24) is 0 Å². The molecule has 0 aromatic rings. The summed E-state index contributed by atoms with van der Waals surface area (Å²) in [5.74, 6) is 0. The summed E-state index contributed by atoms with van der Waals surface area (Å²) in [6.07, 6.45) is 7.58. The highest BCUT2D eigenvalue weighted by Crippen LogP contribution is 2.02. The molecule has 0 amide bonds. The van der Waals surface area contributed by atoms with Gasteiger partial charge >= 0.3 is 0 Å². The van der Waals surface area contributed by atoms with Crippen LogP contribution in [0.1, 0.15) is 66.2 Å². The molecule has 0 heterocycles. The molecule has 0 heteroatoms. The molecule has 0 rings (SSSR count). The Morgan fingerprint density at radius 1 is 0.786 bits per heavy atom. The first kappa shape index (κ1) is 15.9. The van der Waals surface area contributed by atoms with Gasteiger partial charge < -0.3 is 0 Å². The second kappa shape index (κ2) is 12.5. The van der Waals surface area contributed by atoms with Crippen molar-refractivity contribution in [2.45, 2.75) is 66.2 Å². The van der Waals surface area contributed by atoms with Crippen LogP contribution in [-0.4, -0.2) is 0 Å². The molecule has 0 aliphatic heterocycles. The molecule has 0 spiro atoms. The van der Waals surface area contributed by atoms with Crippen molar-refractivity contribution in [1.29, 1.82) is 0 Å². The number of hydrogen-bond donors (Lipinski definition) is 0. The molecule has 0 aliphatic carbocycles. The fourth-order valence-electron chi connectivity index (χ4n) is 0.957. The number of hydrogen-bond acceptors (Lipinski definition) is 0. The molecule has 0 unspecified atom stereocenters. The van der Waals surface area contributed by atoms with Crippen molar-refractivity contribution in [2.75, 3.05) is 0 Å². The van der Waals surface area contributed by atoms with Crippen LogP contribution in [0.4, 0.5) is 0 Å². The summed E-state index contributed by atoms with van der Waals surface area (Å²) in [7, 11) is 0. The Hall–Kier alpha value is -0.520. The lowest BCUT2D eigenvalue weighted by Gasteiger charge is -1.91. The third kappa shape index (κ3) is 22.5. The van der Waals surface area contributed by atoms with Gasteiger partial charge in [0.2, 0.25) is 0 Å². The van der Waals surface area contributed by atoms with Gasteiger partial charge in [-0.2, -0.15) is 0 Å². The zero-order chi connectivity index (χ0) is 11.4. The van der Waals surface area contributed by atoms with E-state index in [2.05, 4.69) is 40.9 Å². The van der Waals surface area contributed by atoms with Crippen molar-refractivity contribution < 1.29 is 0 Å². The van der Waals surface area contributed by atoms with Crippen LogP contribution in [0.2, 0.25) is 0 Å². The van der Waals surface area contributed by atoms with Gasteiger partial charge in [-0.25, -0.2) is 0 Å². The average molecular weight is 196 g/mol. The summed E-state index contributed by atoms with van der Waals surface area (Å²) in [4.78, 5) is 0. The van der Waals surface area contributed by atoms with Crippen LogP contribution in [0.25, 0.3) is 0 Å². The monoisotopic (exact) mass is 196 g/mol. The van der Waals surface area contributed by atoms with Crippen molar-refractivity contribution in [3.05, 3.63) is 24.3 Å². The zero-order valence-electron chi connectivity index (χ0n) is 10.7. The number of allylic oxidation sites excluding steroid dienone is 2. The van der Waals surface area contributed by atoms with E-state index >= 15 is 0 Å². The first-order valence-corrected chi connectivity index (χ1v) is 5.83. The van der Waals surface area contributed by atoms with Crippen LogP contribution >= 0.6 is 0 Å². The maximum absolute atomic E-state index is 3.79. The van der Waals surface area contributed by atoms with Crippen molar-refractivity contribution >= 4 is 0 Å². The molecule has 0 atom stereocenters. The second-order valence-electron chi connectivity index (χ2n) is 4.12. The van der Waals surface area contributed by atoms with Crippen LogP contribution in [0.15, 0.2) is 24.3 Å². The fourth-order valence-corrected chi connectivity index (χ4v) is 0.957. The first-order valence-electron chi connectivity index (χ1n) is 5.83. The van der Waals surface area contributed by atoms with Crippen molar-refractivity contribution in [2.24, 2.45) is 0 Å². The molecule has 0 aromatic carbocycles. The van der Waals surface area contributed by atoms with Crippen LogP contribution in [0.5, 0.6) is 0 Å². The van der Waals surface area contributed by atoms with E-state index in [-0.39, 0.29) is 0 Å². The van der Waals surface area contributed by atoms with E-state index in [0.717, 1.165) is 0 Å². The Balaban J connectivity index is 0. The molecule has 0 N–H and O–H groups in total. The van der Waals surface area contributed by atoms with Gasteiger partial charge in [-0.15, -0.1) is 13.2 Å². The molecule has 0 aromatic heterocycles. The van der Waals surface area contributed by atoms with Gasteiger partial charge in [-0.1, -0.05) is 37.8 Å². The van der Waals surface area contributed by atoms with Crippen LogP contribution in [-0.2, 0) is 0 Å². The van der Waals surface area contributed by atoms with Crippen LogP contribution in [0, 0.1) is 0 Å². The van der Waals surface area contributed by atoms with E-state index in [1.54, 1.807) is 0 Å². The Kier molecular flexibility index (Phi) is 14.2. The molecule has 14 heavy (non-hydrogen) atoms. The van der Waals surface area contributed by atoms with E-state index in [4.69, 9.17) is 0 Å². The average Bonchev–Trinajstić information content (AvgIpc) is 2.12. The van der Waals surface area contributed by atoms with E-state index < -0.39 is 0 Å². The Morgan fingerprint density at radius 3 is 1.14 bits per heavy atom. The summed E-state index contributed by atoms with van der Waals surface area (Å²) >= 11 is 0. The van der Waals surface area contributed by atoms with Crippen molar-refractivity contribution in [3.63, 3.8) is 0 Å². The van der Waals surface area contributed by atoms with E-state index in [1.807, 2.05) is 0 Å². The quantitative estimate of drug-likeness (QED) is 0.492. The predicted molar refractivity (Wildman–Crippen MR) is 68.7 cm³/mol. The molecule has 0 saturated heterocycles. The summed E-state index contributed by atoms with van der Waals surface area (Å²) in [6, 6.07) is 0. The largest absolute Gasteiger partial charge is 0.100 e. The minimum absolute atomic E-state index is 1.20. The summed E-state index contributed by atoms with van der Waals surface area (Å²) in [5.41, 5.74) is 2.61. The van der Waals surface area contributed by atoms with Crippen LogP contribution < -0.4 is 0 Å². The third-order valence-electron chi connectivity index (χ3n) is 1.91. The number of unbranched alkanes of at least 4 members (excludes halogenated alkanes) is 2. The van der Waals surface area contributed by atoms with Gasteiger partial charge in [0.15, 0.2) is 0 Å². The standard InChI is InChI=1S/2C7H14/c2*1-4-5-6-7(2)3/h2*2,4-6H2,1,3H3. The van der Waals surface area contributed by atoms with E-state index in [9.17, 15) is 0 Å². The molecule has 0 aliphatic rings. The van der Waals surface area contributed by atoms with Gasteiger partial charge in [-0.05, 0) is 39.5 Å². The van der Waals surface area contributed by atoms with Gasteiger partial charge in [0.05, 0.1) is 0 Å². The maximum atomic E-state index is 3.79. The Morgan fingerprint density at radius 2 is 1.07 bits per heavy atom. The van der Waals surface area contributed by atoms with Crippen molar-refractivity contribution in [3.8, 4) is 0 Å². The van der Waals surface area contributed by atoms with Gasteiger partial charge in [0.25, 0.3) is 0 Å². The highest BCUT2D eigenvalue weighted by molar-refractivity contribution is 4.87. The van der Waals surface area contributed by atoms with Gasteiger partial charge in [-0.3, -0.25) is 0 Å². The smallest absolute Gasteiger partial charge is 0.0326 e. The molecule has 0 fully saturated rings. The fraction of sp³-hybridized carbons (Fsp3) is 0.714.